The van der Waals surface area contributed by atoms with Crippen molar-refractivity contribution in [2.75, 3.05) is 13.1 Å². The fourth-order valence-electron chi connectivity index (χ4n) is 2.69. The predicted octanol–water partition coefficient (Wildman–Crippen LogP) is 2.30. The lowest BCUT2D eigenvalue weighted by molar-refractivity contribution is 0.240. The Balaban J connectivity index is 2.23. The second kappa shape index (κ2) is 4.17. The molecule has 90 valence electrons. The van der Waals surface area contributed by atoms with Crippen LogP contribution in [0.25, 0.3) is 11.0 Å². The maximum absolute atomic E-state index is 9.40. The minimum Gasteiger partial charge on any atom is -0.458 e. The zero-order valence-electron chi connectivity index (χ0n) is 10.1. The Morgan fingerprint density at radius 1 is 1.41 bits per heavy atom. The summed E-state index contributed by atoms with van der Waals surface area (Å²) in [6.07, 6.45) is 1.06. The zero-order chi connectivity index (χ0) is 11.8. The van der Waals surface area contributed by atoms with Crippen molar-refractivity contribution in [3.8, 4) is 0 Å². The second-order valence-electron chi connectivity index (χ2n) is 4.57. The number of furan rings is 1. The maximum Gasteiger partial charge on any atom is 0.135 e. The van der Waals surface area contributed by atoms with Crippen molar-refractivity contribution < 1.29 is 9.52 Å². The van der Waals surface area contributed by atoms with E-state index in [-0.39, 0.29) is 6.61 Å². The molecule has 0 bridgehead atoms. The summed E-state index contributed by atoms with van der Waals surface area (Å²) in [4.78, 5) is 2.39. The summed E-state index contributed by atoms with van der Waals surface area (Å²) in [5.41, 5.74) is 3.44. The Hall–Kier alpha value is -1.32. The Kier molecular flexibility index (Phi) is 2.65. The number of likely N-dealkylation sites (N-methyl/N-ethyl adjacent to an activating group) is 1. The number of aliphatic hydroxyl groups is 1. The number of nitrogens with zero attached hydrogens (tertiary/aromatic N) is 1. The highest BCUT2D eigenvalue weighted by atomic mass is 16.4. The summed E-state index contributed by atoms with van der Waals surface area (Å²) >= 11 is 0. The van der Waals surface area contributed by atoms with Gasteiger partial charge in [-0.15, -0.1) is 0 Å². The fourth-order valence-corrected chi connectivity index (χ4v) is 2.69. The SMILES string of the molecule is CCN1CCc2cccc3oc(CO)c(c23)C1. The van der Waals surface area contributed by atoms with Gasteiger partial charge in [-0.1, -0.05) is 19.1 Å². The molecule has 3 rings (SSSR count). The monoisotopic (exact) mass is 231 g/mol. The standard InChI is InChI=1S/C14H17NO2/c1-2-15-7-6-10-4-3-5-12-14(10)11(8-15)13(9-16)17-12/h3-5,16H,2,6-9H2,1H3. The first kappa shape index (κ1) is 10.8. The van der Waals surface area contributed by atoms with Crippen LogP contribution >= 0.6 is 0 Å². The molecule has 0 saturated heterocycles. The van der Waals surface area contributed by atoms with Gasteiger partial charge in [-0.05, 0) is 24.6 Å². The van der Waals surface area contributed by atoms with Gasteiger partial charge in [-0.2, -0.15) is 0 Å². The van der Waals surface area contributed by atoms with E-state index in [0.717, 1.165) is 37.4 Å². The summed E-state index contributed by atoms with van der Waals surface area (Å²) in [5, 5.41) is 10.6. The second-order valence-corrected chi connectivity index (χ2v) is 4.57. The van der Waals surface area contributed by atoms with Crippen LogP contribution in [0.15, 0.2) is 22.6 Å². The number of rotatable bonds is 2. The molecule has 0 unspecified atom stereocenters. The maximum atomic E-state index is 9.40. The smallest absolute Gasteiger partial charge is 0.135 e. The molecule has 0 spiro atoms. The van der Waals surface area contributed by atoms with Crippen molar-refractivity contribution in [3.05, 3.63) is 35.1 Å². The minimum atomic E-state index is -0.0129. The van der Waals surface area contributed by atoms with Crippen LogP contribution in [0, 0.1) is 0 Å². The van der Waals surface area contributed by atoms with Gasteiger partial charge in [0.15, 0.2) is 0 Å². The van der Waals surface area contributed by atoms with Crippen molar-refractivity contribution in [2.24, 2.45) is 0 Å². The van der Waals surface area contributed by atoms with E-state index in [1.807, 2.05) is 12.1 Å². The summed E-state index contributed by atoms with van der Waals surface area (Å²) in [7, 11) is 0. The molecular formula is C14H17NO2. The Bertz CT molecular complexity index is 544. The summed E-state index contributed by atoms with van der Waals surface area (Å²) in [6, 6.07) is 6.19. The van der Waals surface area contributed by atoms with Crippen molar-refractivity contribution in [1.29, 1.82) is 0 Å². The van der Waals surface area contributed by atoms with E-state index in [2.05, 4.69) is 17.9 Å². The molecule has 1 aliphatic heterocycles. The molecule has 0 radical (unpaired) electrons. The van der Waals surface area contributed by atoms with Gasteiger partial charge in [-0.25, -0.2) is 0 Å². The molecule has 1 aromatic heterocycles. The Morgan fingerprint density at radius 2 is 2.29 bits per heavy atom. The van der Waals surface area contributed by atoms with Crippen LogP contribution in [0.5, 0.6) is 0 Å². The van der Waals surface area contributed by atoms with E-state index in [4.69, 9.17) is 4.42 Å². The van der Waals surface area contributed by atoms with Crippen molar-refractivity contribution >= 4 is 11.0 Å². The van der Waals surface area contributed by atoms with Crippen LogP contribution in [0.1, 0.15) is 23.8 Å². The molecule has 3 heteroatoms. The van der Waals surface area contributed by atoms with E-state index in [1.54, 1.807) is 0 Å². The average Bonchev–Trinajstić information content (AvgIpc) is 2.60. The third-order valence-corrected chi connectivity index (χ3v) is 3.65. The molecule has 3 nitrogen and oxygen atoms in total. The normalized spacial score (nSPS) is 16.4. The Labute approximate surface area is 101 Å². The van der Waals surface area contributed by atoms with Gasteiger partial charge in [0, 0.05) is 24.0 Å². The first-order chi connectivity index (χ1) is 8.33. The van der Waals surface area contributed by atoms with Gasteiger partial charge in [-0.3, -0.25) is 4.90 Å². The number of benzene rings is 1. The van der Waals surface area contributed by atoms with Gasteiger partial charge < -0.3 is 9.52 Å². The van der Waals surface area contributed by atoms with E-state index < -0.39 is 0 Å². The summed E-state index contributed by atoms with van der Waals surface area (Å²) < 4.78 is 5.73. The molecule has 0 amide bonds. The summed E-state index contributed by atoms with van der Waals surface area (Å²) in [5.74, 6) is 0.729. The molecular weight excluding hydrogens is 214 g/mol. The Morgan fingerprint density at radius 3 is 3.06 bits per heavy atom. The van der Waals surface area contributed by atoms with Gasteiger partial charge in [0.2, 0.25) is 0 Å². The lowest BCUT2D eigenvalue weighted by Gasteiger charge is -2.17. The lowest BCUT2D eigenvalue weighted by atomic mass is 10.0. The van der Waals surface area contributed by atoms with E-state index in [9.17, 15) is 5.11 Å². The van der Waals surface area contributed by atoms with Crippen LogP contribution in [-0.2, 0) is 19.6 Å². The zero-order valence-corrected chi connectivity index (χ0v) is 10.1. The van der Waals surface area contributed by atoms with Crippen LogP contribution in [0.3, 0.4) is 0 Å². The number of aliphatic hydroxyl groups excluding tert-OH is 1. The highest BCUT2D eigenvalue weighted by Gasteiger charge is 2.21. The third-order valence-electron chi connectivity index (χ3n) is 3.65. The van der Waals surface area contributed by atoms with Crippen molar-refractivity contribution in [1.82, 2.24) is 4.90 Å². The molecule has 0 saturated carbocycles. The van der Waals surface area contributed by atoms with Crippen molar-refractivity contribution in [3.63, 3.8) is 0 Å². The van der Waals surface area contributed by atoms with Crippen LogP contribution in [0.4, 0.5) is 0 Å². The average molecular weight is 231 g/mol. The quantitative estimate of drug-likeness (QED) is 0.861. The number of hydrogen-bond donors (Lipinski definition) is 1. The first-order valence-electron chi connectivity index (χ1n) is 6.18. The highest BCUT2D eigenvalue weighted by Crippen LogP contribution is 2.32. The van der Waals surface area contributed by atoms with Gasteiger partial charge >= 0.3 is 0 Å². The largest absolute Gasteiger partial charge is 0.458 e. The van der Waals surface area contributed by atoms with Crippen molar-refractivity contribution in [2.45, 2.75) is 26.5 Å². The molecule has 1 aromatic carbocycles. The highest BCUT2D eigenvalue weighted by molar-refractivity contribution is 5.86. The van der Waals surface area contributed by atoms with Crippen LogP contribution in [-0.4, -0.2) is 23.1 Å². The van der Waals surface area contributed by atoms with E-state index >= 15 is 0 Å². The molecule has 1 N–H and O–H groups in total. The molecule has 2 aromatic rings. The van der Waals surface area contributed by atoms with Crippen LogP contribution in [0.2, 0.25) is 0 Å². The predicted molar refractivity (Wildman–Crippen MR) is 66.8 cm³/mol. The first-order valence-corrected chi connectivity index (χ1v) is 6.18. The van der Waals surface area contributed by atoms with Crippen LogP contribution < -0.4 is 0 Å². The molecule has 17 heavy (non-hydrogen) atoms. The van der Waals surface area contributed by atoms with Gasteiger partial charge in [0.25, 0.3) is 0 Å². The minimum absolute atomic E-state index is 0.0129. The number of hydrogen-bond acceptors (Lipinski definition) is 3. The fraction of sp³-hybridized carbons (Fsp3) is 0.429. The van der Waals surface area contributed by atoms with Gasteiger partial charge in [0.05, 0.1) is 0 Å². The van der Waals surface area contributed by atoms with E-state index in [0.29, 0.717) is 0 Å². The van der Waals surface area contributed by atoms with E-state index in [1.165, 1.54) is 16.5 Å². The molecule has 1 aliphatic rings. The molecule has 0 aliphatic carbocycles. The topological polar surface area (TPSA) is 36.6 Å². The molecule has 0 atom stereocenters. The molecule has 0 fully saturated rings. The lowest BCUT2D eigenvalue weighted by Crippen LogP contribution is -2.24. The third kappa shape index (κ3) is 1.66. The molecule has 2 heterocycles. The van der Waals surface area contributed by atoms with Gasteiger partial charge in [0.1, 0.15) is 18.0 Å². The summed E-state index contributed by atoms with van der Waals surface area (Å²) in [6.45, 7) is 5.16.